The monoisotopic (exact) mass is 662 g/mol. The van der Waals surface area contributed by atoms with Gasteiger partial charge in [-0.3, -0.25) is 4.79 Å². The Kier molecular flexibility index (Phi) is 14.3. The van der Waals surface area contributed by atoms with Gasteiger partial charge in [0.2, 0.25) is 0 Å². The van der Waals surface area contributed by atoms with Crippen LogP contribution in [0.25, 0.3) is 0 Å². The van der Waals surface area contributed by atoms with Gasteiger partial charge >= 0.3 is 5.97 Å². The van der Waals surface area contributed by atoms with Crippen LogP contribution in [0.15, 0.2) is 43.0 Å². The van der Waals surface area contributed by atoms with E-state index in [0.29, 0.717) is 13.0 Å². The van der Waals surface area contributed by atoms with Gasteiger partial charge in [0.25, 0.3) is 0 Å². The molecule has 3 aliphatic rings. The van der Waals surface area contributed by atoms with Crippen LogP contribution >= 0.6 is 0 Å². The van der Waals surface area contributed by atoms with Crippen molar-refractivity contribution >= 4 is 5.97 Å². The molecule has 0 radical (unpaired) electrons. The van der Waals surface area contributed by atoms with Crippen molar-refractivity contribution < 1.29 is 47.8 Å². The van der Waals surface area contributed by atoms with Gasteiger partial charge in [-0.15, -0.1) is 6.58 Å². The van der Waals surface area contributed by atoms with Crippen molar-refractivity contribution in [1.29, 1.82) is 0 Å². The Labute approximate surface area is 281 Å². The van der Waals surface area contributed by atoms with E-state index in [1.807, 2.05) is 37.3 Å². The predicted molar refractivity (Wildman–Crippen MR) is 176 cm³/mol. The molecule has 1 aromatic carbocycles. The van der Waals surface area contributed by atoms with Crippen LogP contribution in [0.2, 0.25) is 0 Å². The number of ether oxygens (including phenoxy) is 8. The molecule has 3 heterocycles. The van der Waals surface area contributed by atoms with E-state index in [2.05, 4.69) is 48.1 Å². The molecule has 0 bridgehead atoms. The van der Waals surface area contributed by atoms with E-state index in [1.165, 1.54) is 6.92 Å². The molecule has 10 heteroatoms. The molecule has 0 spiro atoms. The van der Waals surface area contributed by atoms with Crippen molar-refractivity contribution in [3.8, 4) is 0 Å². The van der Waals surface area contributed by atoms with Gasteiger partial charge in [-0.25, -0.2) is 0 Å². The zero-order chi connectivity index (χ0) is 34.2. The third kappa shape index (κ3) is 9.02. The van der Waals surface area contributed by atoms with E-state index in [9.17, 15) is 9.90 Å². The molecule has 3 saturated heterocycles. The number of aliphatic hydroxyl groups is 1. The second-order valence-electron chi connectivity index (χ2n) is 13.6. The first kappa shape index (κ1) is 37.9. The van der Waals surface area contributed by atoms with Gasteiger partial charge < -0.3 is 43.0 Å². The summed E-state index contributed by atoms with van der Waals surface area (Å²) in [5.74, 6) is -0.475. The molecule has 10 nitrogen and oxygen atoms in total. The van der Waals surface area contributed by atoms with Crippen molar-refractivity contribution in [2.75, 3.05) is 13.2 Å². The fourth-order valence-electron chi connectivity index (χ4n) is 7.15. The van der Waals surface area contributed by atoms with E-state index >= 15 is 0 Å². The highest BCUT2D eigenvalue weighted by atomic mass is 16.8. The Balaban J connectivity index is 1.67. The minimum Gasteiger partial charge on any atom is -0.457 e. The van der Waals surface area contributed by atoms with Gasteiger partial charge in [-0.2, -0.15) is 0 Å². The molecule has 3 fully saturated rings. The maximum absolute atomic E-state index is 12.3. The number of benzene rings is 1. The van der Waals surface area contributed by atoms with Crippen molar-refractivity contribution in [3.63, 3.8) is 0 Å². The predicted octanol–water partition coefficient (Wildman–Crippen LogP) is 5.64. The lowest BCUT2D eigenvalue weighted by atomic mass is 9.82. The van der Waals surface area contributed by atoms with Gasteiger partial charge in [-0.1, -0.05) is 84.9 Å². The van der Waals surface area contributed by atoms with E-state index < -0.39 is 43.0 Å². The standard InChI is InChI=1S/C37H58O10/c1-10-18-40-35-24(7)23(6)31(29(12-3)44-35)46-37-34(41-20-27-16-14-13-15-17-27)32(25(8)30(19-38)45-37)47-36-33(42-26(9)39)22(5)21(4)28(11-2)43-36/h10,13-17,21-25,28-38H,1,11-12,18-20H2,2-9H3/t21-,22?,23-,24?,25+,28-,29?,30?,31-,32+,33?,34?,35+,36+,37-/m0/s1. The van der Waals surface area contributed by atoms with Crippen LogP contribution in [-0.2, 0) is 49.3 Å². The average Bonchev–Trinajstić information content (AvgIpc) is 3.07. The zero-order valence-corrected chi connectivity index (χ0v) is 29.5. The highest BCUT2D eigenvalue weighted by Crippen LogP contribution is 2.41. The maximum atomic E-state index is 12.3. The number of rotatable bonds is 14. The van der Waals surface area contributed by atoms with Crippen LogP contribution in [0.5, 0.6) is 0 Å². The average molecular weight is 663 g/mol. The van der Waals surface area contributed by atoms with E-state index in [1.54, 1.807) is 6.08 Å². The topological polar surface area (TPSA) is 111 Å². The first-order chi connectivity index (χ1) is 22.5. The molecule has 1 N–H and O–H groups in total. The number of hydrogen-bond acceptors (Lipinski definition) is 10. The first-order valence-electron chi connectivity index (χ1n) is 17.5. The lowest BCUT2D eigenvalue weighted by Gasteiger charge is -2.51. The summed E-state index contributed by atoms with van der Waals surface area (Å²) in [6, 6.07) is 9.90. The van der Waals surface area contributed by atoms with Crippen LogP contribution < -0.4 is 0 Å². The molecule has 6 unspecified atom stereocenters. The molecular formula is C37H58O10. The summed E-state index contributed by atoms with van der Waals surface area (Å²) in [6.45, 7) is 20.2. The van der Waals surface area contributed by atoms with Crippen molar-refractivity contribution in [2.45, 2.75) is 136 Å². The van der Waals surface area contributed by atoms with Crippen LogP contribution in [-0.4, -0.2) is 85.9 Å². The zero-order valence-electron chi connectivity index (χ0n) is 29.5. The molecular weight excluding hydrogens is 604 g/mol. The maximum Gasteiger partial charge on any atom is 0.303 e. The van der Waals surface area contributed by atoms with Gasteiger partial charge in [-0.05, 0) is 30.2 Å². The normalized spacial score (nSPS) is 40.9. The SMILES string of the molecule is C=CCO[C@@H]1OC(CC)[C@@H](O[C@@H]2OC(CO)[C@@H](C)[C@@H](O[C@H]3O[C@@H](CC)[C@@H](C)C(C)C3OC(C)=O)C2OCc2ccccc2)[C@@H](C)C1C. The van der Waals surface area contributed by atoms with Crippen LogP contribution in [0.1, 0.15) is 73.8 Å². The molecule has 0 amide bonds. The minimum absolute atomic E-state index is 0.00888. The Hall–Kier alpha value is -1.89. The molecule has 4 rings (SSSR count). The number of carbonyl (C=O) groups is 1. The second kappa shape index (κ2) is 17.7. The molecule has 0 saturated carbocycles. The number of carbonyl (C=O) groups excluding carboxylic acids is 1. The first-order valence-corrected chi connectivity index (χ1v) is 17.5. The third-order valence-electron chi connectivity index (χ3n) is 10.5. The molecule has 266 valence electrons. The molecule has 15 atom stereocenters. The Morgan fingerprint density at radius 2 is 1.34 bits per heavy atom. The lowest BCUT2D eigenvalue weighted by Crippen LogP contribution is -2.62. The summed E-state index contributed by atoms with van der Waals surface area (Å²) in [6.07, 6.45) is -2.15. The number of esters is 1. The number of aliphatic hydroxyl groups excluding tert-OH is 1. The van der Waals surface area contributed by atoms with Gasteiger partial charge in [0.05, 0.1) is 50.3 Å². The van der Waals surface area contributed by atoms with Gasteiger partial charge in [0.15, 0.2) is 25.0 Å². The van der Waals surface area contributed by atoms with Crippen LogP contribution in [0, 0.1) is 29.6 Å². The fraction of sp³-hybridized carbons (Fsp3) is 0.757. The van der Waals surface area contributed by atoms with Gasteiger partial charge in [0, 0.05) is 24.7 Å². The van der Waals surface area contributed by atoms with E-state index in [0.717, 1.165) is 12.0 Å². The quantitative estimate of drug-likeness (QED) is 0.198. The van der Waals surface area contributed by atoms with Crippen molar-refractivity contribution in [3.05, 3.63) is 48.6 Å². The summed E-state index contributed by atoms with van der Waals surface area (Å²) in [5, 5.41) is 10.5. The lowest BCUT2D eigenvalue weighted by molar-refractivity contribution is -0.369. The van der Waals surface area contributed by atoms with Crippen LogP contribution in [0.4, 0.5) is 0 Å². The summed E-state index contributed by atoms with van der Waals surface area (Å²) in [5.41, 5.74) is 0.985. The molecule has 47 heavy (non-hydrogen) atoms. The van der Waals surface area contributed by atoms with Crippen LogP contribution in [0.3, 0.4) is 0 Å². The molecule has 0 aliphatic carbocycles. The summed E-state index contributed by atoms with van der Waals surface area (Å²) in [4.78, 5) is 12.3. The molecule has 3 aliphatic heterocycles. The van der Waals surface area contributed by atoms with Crippen molar-refractivity contribution in [1.82, 2.24) is 0 Å². The smallest absolute Gasteiger partial charge is 0.303 e. The Morgan fingerprint density at radius 1 is 0.745 bits per heavy atom. The Morgan fingerprint density at radius 3 is 1.96 bits per heavy atom. The second-order valence-corrected chi connectivity index (χ2v) is 13.6. The summed E-state index contributed by atoms with van der Waals surface area (Å²) >= 11 is 0. The molecule has 0 aromatic heterocycles. The minimum atomic E-state index is -0.894. The largest absolute Gasteiger partial charge is 0.457 e. The number of hydrogen-bond donors (Lipinski definition) is 1. The van der Waals surface area contributed by atoms with Crippen molar-refractivity contribution in [2.24, 2.45) is 29.6 Å². The van der Waals surface area contributed by atoms with E-state index in [4.69, 9.17) is 37.9 Å². The molecule has 1 aromatic rings. The highest BCUT2D eigenvalue weighted by Gasteiger charge is 2.53. The Bertz CT molecular complexity index is 1100. The summed E-state index contributed by atoms with van der Waals surface area (Å²) in [7, 11) is 0. The third-order valence-corrected chi connectivity index (χ3v) is 10.5. The summed E-state index contributed by atoms with van der Waals surface area (Å²) < 4.78 is 51.7. The van der Waals surface area contributed by atoms with E-state index in [-0.39, 0.29) is 67.4 Å². The highest BCUT2D eigenvalue weighted by molar-refractivity contribution is 5.66. The van der Waals surface area contributed by atoms with Gasteiger partial charge in [0.1, 0.15) is 6.10 Å². The fourth-order valence-corrected chi connectivity index (χ4v) is 7.15.